The number of aryl methyl sites for hydroxylation is 1. The zero-order chi connectivity index (χ0) is 19.9. The summed E-state index contributed by atoms with van der Waals surface area (Å²) in [6, 6.07) is 13.6. The third kappa shape index (κ3) is 4.80. The highest BCUT2D eigenvalue weighted by atomic mass is 16.1. The summed E-state index contributed by atoms with van der Waals surface area (Å²) in [5.41, 5.74) is 3.52. The van der Waals surface area contributed by atoms with E-state index in [0.29, 0.717) is 12.5 Å². The van der Waals surface area contributed by atoms with Crippen LogP contribution in [0.2, 0.25) is 0 Å². The van der Waals surface area contributed by atoms with E-state index in [4.69, 9.17) is 11.8 Å². The normalized spacial score (nSPS) is 10.6. The van der Waals surface area contributed by atoms with Gasteiger partial charge in [-0.25, -0.2) is 9.97 Å². The van der Waals surface area contributed by atoms with Crippen LogP contribution in [-0.4, -0.2) is 21.6 Å². The molecule has 0 fully saturated rings. The number of hydrogen-bond acceptors (Lipinski definition) is 5. The fraction of sp³-hybridized carbons (Fsp3) is 0.0909. The van der Waals surface area contributed by atoms with E-state index in [1.165, 1.54) is 12.2 Å². The molecule has 0 aliphatic heterocycles. The number of hydrogen-bond donors (Lipinski definition) is 3. The molecule has 0 unspecified atom stereocenters. The Hall–Kier alpha value is -3.98. The summed E-state index contributed by atoms with van der Waals surface area (Å²) in [6.07, 6.45) is 9.47. The second-order valence-electron chi connectivity index (χ2n) is 6.18. The number of nitrogens with one attached hydrogen (secondary N) is 3. The van der Waals surface area contributed by atoms with E-state index in [2.05, 4.69) is 26.5 Å². The number of fused-ring (bicyclic) bond motifs is 1. The van der Waals surface area contributed by atoms with Crippen molar-refractivity contribution in [2.45, 2.75) is 13.5 Å². The van der Waals surface area contributed by atoms with E-state index in [-0.39, 0.29) is 5.71 Å². The van der Waals surface area contributed by atoms with Crippen LogP contribution in [0.15, 0.2) is 60.8 Å². The van der Waals surface area contributed by atoms with Gasteiger partial charge in [0.2, 0.25) is 5.95 Å². The van der Waals surface area contributed by atoms with Gasteiger partial charge in [-0.3, -0.25) is 10.2 Å². The highest BCUT2D eigenvalue weighted by Gasteiger charge is 2.06. The van der Waals surface area contributed by atoms with E-state index in [0.717, 1.165) is 27.7 Å². The minimum Gasteiger partial charge on any atom is -0.347 e. The maximum atomic E-state index is 11.9. The van der Waals surface area contributed by atoms with Crippen molar-refractivity contribution >= 4 is 34.2 Å². The predicted octanol–water partition coefficient (Wildman–Crippen LogP) is 3.51. The van der Waals surface area contributed by atoms with Gasteiger partial charge < -0.3 is 10.6 Å². The second kappa shape index (κ2) is 8.60. The van der Waals surface area contributed by atoms with Crippen LogP contribution in [0, 0.1) is 24.7 Å². The first-order valence-electron chi connectivity index (χ1n) is 8.64. The molecule has 1 heterocycles. The van der Waals surface area contributed by atoms with Crippen LogP contribution in [0.3, 0.4) is 0 Å². The monoisotopic (exact) mass is 369 g/mol. The van der Waals surface area contributed by atoms with Crippen LogP contribution in [-0.2, 0) is 11.3 Å². The fourth-order valence-corrected chi connectivity index (χ4v) is 2.59. The van der Waals surface area contributed by atoms with Crippen LogP contribution in [0.4, 0.5) is 11.6 Å². The highest BCUT2D eigenvalue weighted by Crippen LogP contribution is 2.18. The lowest BCUT2D eigenvalue weighted by molar-refractivity contribution is -0.114. The number of nitrogens with zero attached hydrogens (tertiary/aromatic N) is 2. The third-order valence-electron chi connectivity index (χ3n) is 3.96. The fourth-order valence-electron chi connectivity index (χ4n) is 2.59. The molecule has 0 aliphatic rings. The summed E-state index contributed by atoms with van der Waals surface area (Å²) in [6.45, 7) is 2.32. The maximum Gasteiger partial charge on any atom is 0.269 e. The average Bonchev–Trinajstić information content (AvgIpc) is 2.70. The second-order valence-corrected chi connectivity index (χ2v) is 6.18. The Bertz CT molecular complexity index is 1110. The molecule has 3 rings (SSSR count). The van der Waals surface area contributed by atoms with E-state index in [1.807, 2.05) is 49.4 Å². The summed E-state index contributed by atoms with van der Waals surface area (Å²) < 4.78 is 0. The smallest absolute Gasteiger partial charge is 0.269 e. The Morgan fingerprint density at radius 2 is 2.14 bits per heavy atom. The van der Waals surface area contributed by atoms with Gasteiger partial charge in [0.25, 0.3) is 5.91 Å². The van der Waals surface area contributed by atoms with Gasteiger partial charge in [-0.2, -0.15) is 0 Å². The molecular weight excluding hydrogens is 350 g/mol. The number of amides is 1. The summed E-state index contributed by atoms with van der Waals surface area (Å²) >= 11 is 0. The van der Waals surface area contributed by atoms with Crippen molar-refractivity contribution in [3.8, 4) is 12.3 Å². The Morgan fingerprint density at radius 1 is 1.29 bits per heavy atom. The van der Waals surface area contributed by atoms with Gasteiger partial charge in [-0.15, -0.1) is 6.42 Å². The molecular formula is C22H19N5O. The van der Waals surface area contributed by atoms with E-state index in [1.54, 1.807) is 6.20 Å². The topological polar surface area (TPSA) is 90.8 Å². The van der Waals surface area contributed by atoms with E-state index >= 15 is 0 Å². The molecule has 3 N–H and O–H groups in total. The van der Waals surface area contributed by atoms with Crippen molar-refractivity contribution in [3.63, 3.8) is 0 Å². The zero-order valence-electron chi connectivity index (χ0n) is 15.4. The minimum atomic E-state index is -0.488. The van der Waals surface area contributed by atoms with Gasteiger partial charge in [0.1, 0.15) is 5.71 Å². The van der Waals surface area contributed by atoms with Gasteiger partial charge in [0.05, 0.1) is 5.52 Å². The zero-order valence-corrected chi connectivity index (χ0v) is 15.4. The molecule has 0 bridgehead atoms. The van der Waals surface area contributed by atoms with Crippen LogP contribution in [0.5, 0.6) is 0 Å². The van der Waals surface area contributed by atoms with Crippen molar-refractivity contribution in [1.82, 2.24) is 15.3 Å². The van der Waals surface area contributed by atoms with Crippen molar-refractivity contribution in [2.75, 3.05) is 5.32 Å². The molecule has 3 aromatic rings. The van der Waals surface area contributed by atoms with Crippen LogP contribution in [0.25, 0.3) is 10.9 Å². The van der Waals surface area contributed by atoms with Crippen molar-refractivity contribution in [2.24, 2.45) is 0 Å². The first kappa shape index (κ1) is 18.8. The lowest BCUT2D eigenvalue weighted by atomic mass is 10.2. The molecule has 0 saturated carbocycles. The minimum absolute atomic E-state index is 0.188. The standard InChI is InChI=1S/C22H19N5O/c1-3-4-8-19(23)21(28)24-13-16-6-5-7-18(12-16)26-22-25-14-17-11-15(2)9-10-20(17)27-22/h1,4-12,14,23H,13H2,2H3,(H,24,28)(H,25,26,27)/b8-4-,23-19?. The van der Waals surface area contributed by atoms with Crippen LogP contribution >= 0.6 is 0 Å². The maximum absolute atomic E-state index is 11.9. The molecule has 0 radical (unpaired) electrons. The average molecular weight is 369 g/mol. The molecule has 28 heavy (non-hydrogen) atoms. The SMILES string of the molecule is C#C/C=C\C(=N)C(=O)NCc1cccc(Nc2ncc3cc(C)ccc3n2)c1. The summed E-state index contributed by atoms with van der Waals surface area (Å²) in [4.78, 5) is 20.7. The molecule has 0 aliphatic carbocycles. The number of allylic oxidation sites excluding steroid dienone is 1. The van der Waals surface area contributed by atoms with Crippen molar-refractivity contribution in [1.29, 1.82) is 5.41 Å². The molecule has 1 aromatic heterocycles. The molecule has 138 valence electrons. The molecule has 2 aromatic carbocycles. The lowest BCUT2D eigenvalue weighted by Crippen LogP contribution is -2.28. The number of carbonyl (C=O) groups is 1. The number of aromatic nitrogens is 2. The summed E-state index contributed by atoms with van der Waals surface area (Å²) in [5, 5.41) is 14.5. The predicted molar refractivity (Wildman–Crippen MR) is 112 cm³/mol. The largest absolute Gasteiger partial charge is 0.347 e. The quantitative estimate of drug-likeness (QED) is 0.458. The lowest BCUT2D eigenvalue weighted by Gasteiger charge is -2.09. The third-order valence-corrected chi connectivity index (χ3v) is 3.96. The van der Waals surface area contributed by atoms with Gasteiger partial charge in [-0.1, -0.05) is 29.7 Å². The van der Waals surface area contributed by atoms with Crippen LogP contribution in [0.1, 0.15) is 11.1 Å². The van der Waals surface area contributed by atoms with E-state index < -0.39 is 5.91 Å². The number of benzene rings is 2. The number of terminal acetylenes is 1. The summed E-state index contributed by atoms with van der Waals surface area (Å²) in [7, 11) is 0. The first-order valence-corrected chi connectivity index (χ1v) is 8.64. The van der Waals surface area contributed by atoms with Gasteiger partial charge >= 0.3 is 0 Å². The molecule has 0 saturated heterocycles. The highest BCUT2D eigenvalue weighted by molar-refractivity contribution is 6.42. The van der Waals surface area contributed by atoms with Gasteiger partial charge in [-0.05, 0) is 48.9 Å². The first-order chi connectivity index (χ1) is 13.5. The molecule has 1 amide bonds. The van der Waals surface area contributed by atoms with E-state index in [9.17, 15) is 4.79 Å². The van der Waals surface area contributed by atoms with Crippen molar-refractivity contribution < 1.29 is 4.79 Å². The number of carbonyl (C=O) groups excluding carboxylic acids is 1. The summed E-state index contributed by atoms with van der Waals surface area (Å²) in [5.74, 6) is 2.26. The Balaban J connectivity index is 1.67. The molecule has 6 nitrogen and oxygen atoms in total. The number of rotatable bonds is 6. The van der Waals surface area contributed by atoms with Gasteiger partial charge in [0, 0.05) is 23.8 Å². The number of anilines is 2. The van der Waals surface area contributed by atoms with Crippen LogP contribution < -0.4 is 10.6 Å². The Kier molecular flexibility index (Phi) is 5.78. The van der Waals surface area contributed by atoms with Crippen molar-refractivity contribution in [3.05, 3.63) is 71.9 Å². The Labute approximate surface area is 163 Å². The van der Waals surface area contributed by atoms with Gasteiger partial charge in [0.15, 0.2) is 0 Å². The molecule has 6 heteroatoms. The molecule has 0 spiro atoms. The molecule has 0 atom stereocenters. The Morgan fingerprint density at radius 3 is 2.96 bits per heavy atom.